The third kappa shape index (κ3) is 3.44. The van der Waals surface area contributed by atoms with Crippen molar-refractivity contribution in [1.82, 2.24) is 5.32 Å². The van der Waals surface area contributed by atoms with Crippen LogP contribution in [-0.4, -0.2) is 33.6 Å². The Kier molecular flexibility index (Phi) is 4.10. The number of nitrogens with two attached hydrogens (primary N) is 1. The van der Waals surface area contributed by atoms with Crippen LogP contribution < -0.4 is 10.5 Å². The first-order chi connectivity index (χ1) is 8.88. The summed E-state index contributed by atoms with van der Waals surface area (Å²) in [5.74, 6) is -0.439. The van der Waals surface area contributed by atoms with Gasteiger partial charge in [-0.25, -0.2) is 13.6 Å². The van der Waals surface area contributed by atoms with Crippen LogP contribution in [0.3, 0.4) is 0 Å². The minimum absolute atomic E-state index is 0.0818. The van der Waals surface area contributed by atoms with E-state index in [9.17, 15) is 13.2 Å². The van der Waals surface area contributed by atoms with Gasteiger partial charge in [0.25, 0.3) is 5.91 Å². The Hall–Kier alpha value is -1.15. The molecule has 2 rings (SSSR count). The van der Waals surface area contributed by atoms with Gasteiger partial charge in [-0.15, -0.1) is 0 Å². The van der Waals surface area contributed by atoms with Crippen molar-refractivity contribution in [3.05, 3.63) is 28.8 Å². The molecule has 0 spiro atoms. The van der Waals surface area contributed by atoms with Crippen molar-refractivity contribution in [2.45, 2.75) is 17.4 Å². The summed E-state index contributed by atoms with van der Waals surface area (Å²) in [6.45, 7) is 1.04. The highest BCUT2D eigenvalue weighted by Gasteiger charge is 2.21. The van der Waals surface area contributed by atoms with E-state index in [1.54, 1.807) is 0 Å². The van der Waals surface area contributed by atoms with Crippen LogP contribution in [0.25, 0.3) is 0 Å². The molecule has 19 heavy (non-hydrogen) atoms. The molecule has 1 heterocycles. The maximum atomic E-state index is 12.0. The Labute approximate surface area is 115 Å². The van der Waals surface area contributed by atoms with Crippen LogP contribution in [-0.2, 0) is 14.8 Å². The first kappa shape index (κ1) is 14.3. The summed E-state index contributed by atoms with van der Waals surface area (Å²) in [4.78, 5) is 11.9. The van der Waals surface area contributed by atoms with Crippen LogP contribution >= 0.6 is 11.6 Å². The van der Waals surface area contributed by atoms with Crippen molar-refractivity contribution < 1.29 is 17.9 Å². The van der Waals surface area contributed by atoms with E-state index in [1.807, 2.05) is 0 Å². The Morgan fingerprint density at radius 1 is 1.47 bits per heavy atom. The van der Waals surface area contributed by atoms with Gasteiger partial charge in [0, 0.05) is 6.61 Å². The van der Waals surface area contributed by atoms with Crippen molar-refractivity contribution in [3.63, 3.8) is 0 Å². The van der Waals surface area contributed by atoms with E-state index in [0.717, 1.165) is 6.42 Å². The fourth-order valence-corrected chi connectivity index (χ4v) is 2.51. The normalized spacial score (nSPS) is 19.4. The summed E-state index contributed by atoms with van der Waals surface area (Å²) in [6.07, 6.45) is 0.720. The number of amides is 1. The molecule has 1 aromatic carbocycles. The van der Waals surface area contributed by atoms with E-state index in [1.165, 1.54) is 18.2 Å². The van der Waals surface area contributed by atoms with Crippen LogP contribution in [0.2, 0.25) is 5.02 Å². The predicted octanol–water partition coefficient (Wildman–Crippen LogP) is 0.506. The van der Waals surface area contributed by atoms with Crippen molar-refractivity contribution >= 4 is 27.5 Å². The molecule has 1 saturated heterocycles. The second-order valence-corrected chi connectivity index (χ2v) is 6.19. The van der Waals surface area contributed by atoms with E-state index >= 15 is 0 Å². The Balaban J connectivity index is 2.25. The Morgan fingerprint density at radius 3 is 2.79 bits per heavy atom. The molecular formula is C11H13ClN2O4S. The molecular weight excluding hydrogens is 292 g/mol. The quantitative estimate of drug-likeness (QED) is 0.850. The number of carbonyl (C=O) groups excluding carboxylic acids is 1. The van der Waals surface area contributed by atoms with Crippen LogP contribution in [0, 0.1) is 0 Å². The van der Waals surface area contributed by atoms with Crippen molar-refractivity contribution in [2.24, 2.45) is 5.14 Å². The number of benzene rings is 1. The average molecular weight is 305 g/mol. The van der Waals surface area contributed by atoms with E-state index in [4.69, 9.17) is 21.5 Å². The van der Waals surface area contributed by atoms with Crippen molar-refractivity contribution in [2.75, 3.05) is 13.2 Å². The number of hydrogen-bond donors (Lipinski definition) is 2. The highest BCUT2D eigenvalue weighted by Crippen LogP contribution is 2.20. The number of halogens is 1. The molecule has 1 unspecified atom stereocenters. The zero-order valence-electron chi connectivity index (χ0n) is 9.93. The van der Waals surface area contributed by atoms with Gasteiger partial charge in [0.15, 0.2) is 0 Å². The third-order valence-corrected chi connectivity index (χ3v) is 4.02. The zero-order valence-corrected chi connectivity index (χ0v) is 11.5. The standard InChI is InChI=1S/C11H13ClN2O4S/c12-10-2-1-8(19(13,16)17)5-9(10)11(15)14-7-3-4-18-6-7/h1-2,5,7H,3-4,6H2,(H,14,15)(H2,13,16,17). The summed E-state index contributed by atoms with van der Waals surface area (Å²) in [7, 11) is -3.87. The number of hydrogen-bond acceptors (Lipinski definition) is 4. The van der Waals surface area contributed by atoms with E-state index in [0.29, 0.717) is 13.2 Å². The largest absolute Gasteiger partial charge is 0.379 e. The molecule has 1 amide bonds. The van der Waals surface area contributed by atoms with Gasteiger partial charge in [0.2, 0.25) is 10.0 Å². The summed E-state index contributed by atoms with van der Waals surface area (Å²) < 4.78 is 27.6. The van der Waals surface area contributed by atoms with Gasteiger partial charge < -0.3 is 10.1 Å². The molecule has 1 aliphatic rings. The minimum atomic E-state index is -3.87. The Bertz CT molecular complexity index is 597. The molecule has 8 heteroatoms. The minimum Gasteiger partial charge on any atom is -0.379 e. The fraction of sp³-hybridized carbons (Fsp3) is 0.364. The number of nitrogens with one attached hydrogen (secondary N) is 1. The van der Waals surface area contributed by atoms with Gasteiger partial charge >= 0.3 is 0 Å². The molecule has 1 aromatic rings. The van der Waals surface area contributed by atoms with Gasteiger partial charge in [-0.2, -0.15) is 0 Å². The highest BCUT2D eigenvalue weighted by atomic mass is 35.5. The SMILES string of the molecule is NS(=O)(=O)c1ccc(Cl)c(C(=O)NC2CCOC2)c1. The lowest BCUT2D eigenvalue weighted by atomic mass is 10.2. The molecule has 0 bridgehead atoms. The van der Waals surface area contributed by atoms with Crippen LogP contribution in [0.1, 0.15) is 16.8 Å². The summed E-state index contributed by atoms with van der Waals surface area (Å²) in [5.41, 5.74) is 0.0834. The van der Waals surface area contributed by atoms with Gasteiger partial charge in [0.1, 0.15) is 0 Å². The lowest BCUT2D eigenvalue weighted by Crippen LogP contribution is -2.35. The highest BCUT2D eigenvalue weighted by molar-refractivity contribution is 7.89. The molecule has 1 atom stereocenters. The topological polar surface area (TPSA) is 98.5 Å². The molecule has 0 aliphatic carbocycles. The third-order valence-electron chi connectivity index (χ3n) is 2.78. The predicted molar refractivity (Wildman–Crippen MR) is 69.5 cm³/mol. The van der Waals surface area contributed by atoms with E-state index in [2.05, 4.69) is 5.32 Å². The second-order valence-electron chi connectivity index (χ2n) is 4.22. The van der Waals surface area contributed by atoms with Crippen LogP contribution in [0.15, 0.2) is 23.1 Å². The molecule has 0 radical (unpaired) electrons. The molecule has 3 N–H and O–H groups in total. The maximum absolute atomic E-state index is 12.0. The number of primary sulfonamides is 1. The first-order valence-electron chi connectivity index (χ1n) is 5.59. The van der Waals surface area contributed by atoms with Gasteiger partial charge in [-0.3, -0.25) is 4.79 Å². The smallest absolute Gasteiger partial charge is 0.253 e. The lowest BCUT2D eigenvalue weighted by molar-refractivity contribution is 0.0930. The summed E-state index contributed by atoms with van der Waals surface area (Å²) in [6, 6.07) is 3.68. The van der Waals surface area contributed by atoms with Crippen molar-refractivity contribution in [1.29, 1.82) is 0 Å². The molecule has 1 fully saturated rings. The van der Waals surface area contributed by atoms with Crippen LogP contribution in [0.4, 0.5) is 0 Å². The lowest BCUT2D eigenvalue weighted by Gasteiger charge is -2.12. The number of sulfonamides is 1. The van der Waals surface area contributed by atoms with E-state index < -0.39 is 15.9 Å². The summed E-state index contributed by atoms with van der Waals surface area (Å²) >= 11 is 5.90. The molecule has 104 valence electrons. The average Bonchev–Trinajstić information content (AvgIpc) is 2.80. The number of carbonyl (C=O) groups is 1. The maximum Gasteiger partial charge on any atom is 0.253 e. The van der Waals surface area contributed by atoms with E-state index in [-0.39, 0.29) is 21.5 Å². The number of ether oxygens (including phenoxy) is 1. The van der Waals surface area contributed by atoms with Gasteiger partial charge in [0.05, 0.1) is 28.1 Å². The second kappa shape index (κ2) is 5.46. The summed E-state index contributed by atoms with van der Waals surface area (Å²) in [5, 5.41) is 7.92. The molecule has 1 aliphatic heterocycles. The molecule has 6 nitrogen and oxygen atoms in total. The van der Waals surface area contributed by atoms with Gasteiger partial charge in [-0.1, -0.05) is 11.6 Å². The Morgan fingerprint density at radius 2 is 2.21 bits per heavy atom. The first-order valence-corrected chi connectivity index (χ1v) is 7.51. The number of rotatable bonds is 3. The molecule has 0 saturated carbocycles. The van der Waals surface area contributed by atoms with Gasteiger partial charge in [-0.05, 0) is 24.6 Å². The zero-order chi connectivity index (χ0) is 14.0. The molecule has 0 aromatic heterocycles. The van der Waals surface area contributed by atoms with Crippen molar-refractivity contribution in [3.8, 4) is 0 Å². The monoisotopic (exact) mass is 304 g/mol. The fourth-order valence-electron chi connectivity index (χ4n) is 1.77. The van der Waals surface area contributed by atoms with Crippen LogP contribution in [0.5, 0.6) is 0 Å².